The lowest BCUT2D eigenvalue weighted by Crippen LogP contribution is -2.22. The van der Waals surface area contributed by atoms with Gasteiger partial charge >= 0.3 is 0 Å². The van der Waals surface area contributed by atoms with Gasteiger partial charge in [0.05, 0.1) is 10.2 Å². The van der Waals surface area contributed by atoms with E-state index in [9.17, 15) is 0 Å². The molecule has 92 valence electrons. The van der Waals surface area contributed by atoms with Gasteiger partial charge in [0.1, 0.15) is 0 Å². The summed E-state index contributed by atoms with van der Waals surface area (Å²) in [5.74, 6) is 1.15. The third-order valence-corrected chi connectivity index (χ3v) is 4.06. The SMILES string of the molecule is CC(C)C(CN)Cc1ccc2nc(N)sc2c1. The lowest BCUT2D eigenvalue weighted by atomic mass is 9.89. The number of nitrogens with zero attached hydrogens (tertiary/aromatic N) is 1. The molecule has 1 heterocycles. The molecule has 0 spiro atoms. The molecule has 4 N–H and O–H groups in total. The average molecular weight is 249 g/mol. The average Bonchev–Trinajstić information content (AvgIpc) is 2.64. The van der Waals surface area contributed by atoms with Gasteiger partial charge in [0.15, 0.2) is 5.13 Å². The number of nitrogen functional groups attached to an aromatic ring is 1. The third-order valence-electron chi connectivity index (χ3n) is 3.21. The van der Waals surface area contributed by atoms with Crippen LogP contribution in [0.2, 0.25) is 0 Å². The Morgan fingerprint density at radius 3 is 2.76 bits per heavy atom. The highest BCUT2D eigenvalue weighted by molar-refractivity contribution is 7.22. The van der Waals surface area contributed by atoms with E-state index in [-0.39, 0.29) is 0 Å². The second kappa shape index (κ2) is 5.02. The normalized spacial score (nSPS) is 13.4. The second-order valence-corrected chi connectivity index (χ2v) is 5.86. The Morgan fingerprint density at radius 1 is 1.35 bits per heavy atom. The molecular weight excluding hydrogens is 230 g/mol. The van der Waals surface area contributed by atoms with Crippen LogP contribution >= 0.6 is 11.3 Å². The molecule has 1 aromatic carbocycles. The molecule has 1 unspecified atom stereocenters. The number of hydrogen-bond acceptors (Lipinski definition) is 4. The molecule has 0 aliphatic carbocycles. The van der Waals surface area contributed by atoms with Crippen LogP contribution in [0.5, 0.6) is 0 Å². The molecule has 0 saturated heterocycles. The number of fused-ring (bicyclic) bond motifs is 1. The van der Waals surface area contributed by atoms with Gasteiger partial charge in [-0.05, 0) is 42.5 Å². The van der Waals surface area contributed by atoms with E-state index in [1.807, 2.05) is 6.07 Å². The first-order valence-electron chi connectivity index (χ1n) is 5.95. The predicted octanol–water partition coefficient (Wildman–Crippen LogP) is 2.65. The van der Waals surface area contributed by atoms with E-state index in [0.717, 1.165) is 18.5 Å². The van der Waals surface area contributed by atoms with Crippen LogP contribution in [0, 0.1) is 11.8 Å². The summed E-state index contributed by atoms with van der Waals surface area (Å²) in [5.41, 5.74) is 13.8. The molecule has 0 fully saturated rings. The molecule has 0 aliphatic heterocycles. The van der Waals surface area contributed by atoms with Crippen molar-refractivity contribution in [2.24, 2.45) is 17.6 Å². The monoisotopic (exact) mass is 249 g/mol. The molecule has 0 amide bonds. The van der Waals surface area contributed by atoms with Crippen molar-refractivity contribution in [1.82, 2.24) is 4.98 Å². The molecule has 2 aromatic rings. The minimum absolute atomic E-state index is 0.540. The fraction of sp³-hybridized carbons (Fsp3) is 0.462. The fourth-order valence-electron chi connectivity index (χ4n) is 2.01. The van der Waals surface area contributed by atoms with Crippen molar-refractivity contribution < 1.29 is 0 Å². The van der Waals surface area contributed by atoms with Crippen molar-refractivity contribution in [2.45, 2.75) is 20.3 Å². The lowest BCUT2D eigenvalue weighted by molar-refractivity contribution is 0.392. The molecule has 3 nitrogen and oxygen atoms in total. The molecule has 0 radical (unpaired) electrons. The first-order chi connectivity index (χ1) is 8.10. The highest BCUT2D eigenvalue weighted by atomic mass is 32.1. The topological polar surface area (TPSA) is 64.9 Å². The number of anilines is 1. The summed E-state index contributed by atoms with van der Waals surface area (Å²) in [6.45, 7) is 5.18. The van der Waals surface area contributed by atoms with Crippen LogP contribution in [0.25, 0.3) is 10.2 Å². The lowest BCUT2D eigenvalue weighted by Gasteiger charge is -2.18. The number of hydrogen-bond donors (Lipinski definition) is 2. The van der Waals surface area contributed by atoms with Crippen LogP contribution < -0.4 is 11.5 Å². The predicted molar refractivity (Wildman–Crippen MR) is 75.1 cm³/mol. The maximum absolute atomic E-state index is 5.81. The van der Waals surface area contributed by atoms with E-state index >= 15 is 0 Å². The number of aromatic nitrogens is 1. The summed E-state index contributed by atoms with van der Waals surface area (Å²) in [4.78, 5) is 4.26. The zero-order chi connectivity index (χ0) is 12.4. The minimum atomic E-state index is 0.540. The quantitative estimate of drug-likeness (QED) is 0.875. The summed E-state index contributed by atoms with van der Waals surface area (Å²) in [7, 11) is 0. The standard InChI is InChI=1S/C13H19N3S/c1-8(2)10(7-14)5-9-3-4-11-12(6-9)17-13(15)16-11/h3-4,6,8,10H,5,7,14H2,1-2H3,(H2,15,16). The number of rotatable bonds is 4. The molecule has 4 heteroatoms. The Balaban J connectivity index is 2.23. The van der Waals surface area contributed by atoms with Crippen LogP contribution in [0.15, 0.2) is 18.2 Å². The van der Waals surface area contributed by atoms with Crippen molar-refractivity contribution in [3.05, 3.63) is 23.8 Å². The van der Waals surface area contributed by atoms with E-state index in [4.69, 9.17) is 11.5 Å². The van der Waals surface area contributed by atoms with Crippen molar-refractivity contribution in [3.63, 3.8) is 0 Å². The van der Waals surface area contributed by atoms with Gasteiger partial charge < -0.3 is 11.5 Å². The van der Waals surface area contributed by atoms with Gasteiger partial charge in [-0.2, -0.15) is 0 Å². The Bertz CT molecular complexity index is 504. The van der Waals surface area contributed by atoms with Gasteiger partial charge in [-0.25, -0.2) is 4.98 Å². The van der Waals surface area contributed by atoms with Crippen LogP contribution in [0.3, 0.4) is 0 Å². The van der Waals surface area contributed by atoms with E-state index < -0.39 is 0 Å². The van der Waals surface area contributed by atoms with E-state index in [1.54, 1.807) is 11.3 Å². The maximum Gasteiger partial charge on any atom is 0.181 e. The smallest absolute Gasteiger partial charge is 0.181 e. The summed E-state index contributed by atoms with van der Waals surface area (Å²) in [5, 5.41) is 0.636. The molecular formula is C13H19N3S. The first kappa shape index (κ1) is 12.3. The number of benzene rings is 1. The third kappa shape index (κ3) is 2.76. The fourth-order valence-corrected chi connectivity index (χ4v) is 2.81. The van der Waals surface area contributed by atoms with Gasteiger partial charge in [0, 0.05) is 0 Å². The molecule has 1 atom stereocenters. The highest BCUT2D eigenvalue weighted by Crippen LogP contribution is 2.26. The van der Waals surface area contributed by atoms with Gasteiger partial charge in [-0.15, -0.1) is 0 Å². The Labute approximate surface area is 106 Å². The molecule has 17 heavy (non-hydrogen) atoms. The van der Waals surface area contributed by atoms with Crippen LogP contribution in [0.4, 0.5) is 5.13 Å². The van der Waals surface area contributed by atoms with Gasteiger partial charge in [-0.3, -0.25) is 0 Å². The van der Waals surface area contributed by atoms with Crippen molar-refractivity contribution in [1.29, 1.82) is 0 Å². The summed E-state index contributed by atoms with van der Waals surface area (Å²) < 4.78 is 1.17. The Morgan fingerprint density at radius 2 is 2.12 bits per heavy atom. The summed E-state index contributed by atoms with van der Waals surface area (Å²) in [6.07, 6.45) is 1.03. The van der Waals surface area contributed by atoms with Crippen molar-refractivity contribution >= 4 is 26.7 Å². The molecule has 2 rings (SSSR count). The summed E-state index contributed by atoms with van der Waals surface area (Å²) >= 11 is 1.54. The van der Waals surface area contributed by atoms with Gasteiger partial charge in [0.2, 0.25) is 0 Å². The van der Waals surface area contributed by atoms with Gasteiger partial charge in [0.25, 0.3) is 0 Å². The minimum Gasteiger partial charge on any atom is -0.375 e. The Kier molecular flexibility index (Phi) is 3.64. The molecule has 0 saturated carbocycles. The van der Waals surface area contributed by atoms with E-state index in [1.165, 1.54) is 10.3 Å². The molecule has 1 aromatic heterocycles. The first-order valence-corrected chi connectivity index (χ1v) is 6.76. The number of nitrogens with two attached hydrogens (primary N) is 2. The van der Waals surface area contributed by atoms with Crippen molar-refractivity contribution in [3.8, 4) is 0 Å². The maximum atomic E-state index is 5.81. The zero-order valence-corrected chi connectivity index (χ0v) is 11.1. The van der Waals surface area contributed by atoms with E-state index in [2.05, 4.69) is 31.0 Å². The zero-order valence-electron chi connectivity index (χ0n) is 10.3. The van der Waals surface area contributed by atoms with Crippen molar-refractivity contribution in [2.75, 3.05) is 12.3 Å². The van der Waals surface area contributed by atoms with Gasteiger partial charge in [-0.1, -0.05) is 31.3 Å². The summed E-state index contributed by atoms with van der Waals surface area (Å²) in [6, 6.07) is 6.37. The Hall–Kier alpha value is -1.13. The van der Waals surface area contributed by atoms with Crippen LogP contribution in [-0.2, 0) is 6.42 Å². The molecule has 0 bridgehead atoms. The number of thiazole rings is 1. The highest BCUT2D eigenvalue weighted by Gasteiger charge is 2.12. The second-order valence-electron chi connectivity index (χ2n) is 4.80. The molecule has 0 aliphatic rings. The van der Waals surface area contributed by atoms with E-state index in [0.29, 0.717) is 17.0 Å². The largest absolute Gasteiger partial charge is 0.375 e. The van der Waals surface area contributed by atoms with Crippen LogP contribution in [-0.4, -0.2) is 11.5 Å². The van der Waals surface area contributed by atoms with Crippen LogP contribution in [0.1, 0.15) is 19.4 Å².